The summed E-state index contributed by atoms with van der Waals surface area (Å²) in [4.78, 5) is 62.4. The van der Waals surface area contributed by atoms with E-state index in [0.29, 0.717) is 49.9 Å². The van der Waals surface area contributed by atoms with E-state index in [2.05, 4.69) is 0 Å². The number of fused-ring (bicyclic) bond motifs is 8. The van der Waals surface area contributed by atoms with Crippen molar-refractivity contribution < 1.29 is 14.6 Å². The van der Waals surface area contributed by atoms with Crippen LogP contribution in [0.3, 0.4) is 0 Å². The van der Waals surface area contributed by atoms with Gasteiger partial charge >= 0.3 is 0 Å². The van der Waals surface area contributed by atoms with E-state index < -0.39 is 21.3 Å². The number of nitrogens with zero attached hydrogens (tertiary/aromatic N) is 5. The fourth-order valence-corrected chi connectivity index (χ4v) is 10.2. The van der Waals surface area contributed by atoms with Gasteiger partial charge in [0.1, 0.15) is 5.65 Å². The second kappa shape index (κ2) is 9.91. The second-order valence-corrected chi connectivity index (χ2v) is 15.3. The number of aliphatic imine (C=N–C) groups is 1. The van der Waals surface area contributed by atoms with Gasteiger partial charge < -0.3 is 11.5 Å². The summed E-state index contributed by atoms with van der Waals surface area (Å²) in [6.07, 6.45) is 0. The summed E-state index contributed by atoms with van der Waals surface area (Å²) < 4.78 is 1.38. The van der Waals surface area contributed by atoms with Gasteiger partial charge in [-0.3, -0.25) is 39.2 Å². The topological polar surface area (TPSA) is 202 Å². The third kappa shape index (κ3) is 3.52. The molecule has 0 amide bonds. The van der Waals surface area contributed by atoms with Crippen molar-refractivity contribution in [2.24, 2.45) is 4.99 Å². The van der Waals surface area contributed by atoms with Crippen molar-refractivity contribution in [3.63, 3.8) is 0 Å². The van der Waals surface area contributed by atoms with Crippen molar-refractivity contribution in [1.82, 2.24) is 9.38 Å². The minimum atomic E-state index is -0.653. The molecule has 0 fully saturated rings. The van der Waals surface area contributed by atoms with Crippen LogP contribution in [0.15, 0.2) is 107 Å². The lowest BCUT2D eigenvalue weighted by atomic mass is 9.72. The summed E-state index contributed by atoms with van der Waals surface area (Å²) in [7, 11) is 0. The molecule has 13 nitrogen and oxygen atoms in total. The van der Waals surface area contributed by atoms with Crippen LogP contribution in [0.1, 0.15) is 27.4 Å². The molecule has 58 heavy (non-hydrogen) atoms. The Balaban J connectivity index is 1.15. The molecule has 1 aliphatic heterocycles. The summed E-state index contributed by atoms with van der Waals surface area (Å²) in [5.74, 6) is -0.725. The fourth-order valence-electron chi connectivity index (χ4n) is 10.2. The number of nitro groups is 2. The molecule has 2 aliphatic rings. The molecule has 13 rings (SSSR count). The number of nitro benzene ring substituents is 2. The highest BCUT2D eigenvalue weighted by atomic mass is 16.6. The second-order valence-electron chi connectivity index (χ2n) is 15.3. The first-order valence-corrected chi connectivity index (χ1v) is 18.4. The minimum absolute atomic E-state index is 0.0721. The van der Waals surface area contributed by atoms with Gasteiger partial charge in [-0.2, -0.15) is 0 Å². The Morgan fingerprint density at radius 3 is 1.86 bits per heavy atom. The molecule has 0 bridgehead atoms. The Hall–Kier alpha value is -8.32. The summed E-state index contributed by atoms with van der Waals surface area (Å²) in [5, 5.41) is 34.0. The minimum Gasteiger partial charge on any atom is -0.399 e. The van der Waals surface area contributed by atoms with Gasteiger partial charge in [0.15, 0.2) is 5.78 Å². The number of rotatable bonds is 2. The molecule has 2 aromatic heterocycles. The smallest absolute Gasteiger partial charge is 0.272 e. The average Bonchev–Trinajstić information content (AvgIpc) is 3.20. The number of Topliss-reactive ketones (excluding diaryl/α,β-unsaturated/α-hetero) is 1. The van der Waals surface area contributed by atoms with Crippen LogP contribution in [-0.4, -0.2) is 30.7 Å². The number of anilines is 2. The number of benzene rings is 9. The van der Waals surface area contributed by atoms with Crippen LogP contribution in [-0.2, 0) is 0 Å². The number of ketones is 1. The predicted octanol–water partition coefficient (Wildman–Crippen LogP) is 9.19. The first-order valence-electron chi connectivity index (χ1n) is 18.4. The van der Waals surface area contributed by atoms with Gasteiger partial charge in [0, 0.05) is 79.1 Å². The molecule has 0 radical (unpaired) electrons. The van der Waals surface area contributed by atoms with E-state index in [4.69, 9.17) is 21.4 Å². The first kappa shape index (κ1) is 30.9. The maximum Gasteiger partial charge on any atom is 0.272 e. The van der Waals surface area contributed by atoms with Crippen molar-refractivity contribution in [1.29, 1.82) is 0 Å². The Morgan fingerprint density at radius 1 is 0.586 bits per heavy atom. The molecule has 0 saturated heterocycles. The Bertz CT molecular complexity index is 3970. The third-order valence-electron chi connectivity index (χ3n) is 12.4. The zero-order valence-electron chi connectivity index (χ0n) is 29.7. The Labute approximate surface area is 322 Å². The maximum atomic E-state index is 14.7. The lowest BCUT2D eigenvalue weighted by molar-refractivity contribution is -0.385. The van der Waals surface area contributed by atoms with Crippen LogP contribution < -0.4 is 17.0 Å². The van der Waals surface area contributed by atoms with Gasteiger partial charge in [-0.1, -0.05) is 36.4 Å². The summed E-state index contributed by atoms with van der Waals surface area (Å²) in [6.45, 7) is 0. The van der Waals surface area contributed by atoms with Crippen LogP contribution in [0.25, 0.3) is 92.1 Å². The molecule has 4 N–H and O–H groups in total. The van der Waals surface area contributed by atoms with Crippen molar-refractivity contribution in [3.8, 4) is 0 Å². The highest BCUT2D eigenvalue weighted by Gasteiger charge is 2.40. The summed E-state index contributed by atoms with van der Waals surface area (Å²) in [5.41, 5.74) is 17.0. The van der Waals surface area contributed by atoms with Crippen LogP contribution in [0.2, 0.25) is 0 Å². The van der Waals surface area contributed by atoms with Crippen LogP contribution >= 0.6 is 0 Å². The molecule has 0 saturated carbocycles. The standard InChI is InChI=1S/C45H21N7O6/c46-19-9-17-10-20(47)14-32-35(17)31(13-19)41-42(48-32)27-5-1-23-26-4-8-30-40-29(7-3-25(38(26)40)24-2-6-28(43(41)53)39(27)37(23)24)44-49-33-15-21(51(55)56)11-18-12-22(52(57)58)16-34(36(18)33)50(44)45(30)54/h1-16,41H,46-47H2. The van der Waals surface area contributed by atoms with E-state index in [-0.39, 0.29) is 39.2 Å². The number of aromatic nitrogens is 2. The highest BCUT2D eigenvalue weighted by molar-refractivity contribution is 6.43. The molecule has 9 aromatic carbocycles. The average molecular weight is 756 g/mol. The van der Waals surface area contributed by atoms with E-state index in [1.54, 1.807) is 6.07 Å². The van der Waals surface area contributed by atoms with Crippen molar-refractivity contribution in [3.05, 3.63) is 144 Å². The number of carbonyl (C=O) groups is 1. The number of hydrogen-bond donors (Lipinski definition) is 2. The van der Waals surface area contributed by atoms with Gasteiger partial charge in [-0.25, -0.2) is 4.98 Å². The molecule has 11 aromatic rings. The zero-order valence-corrected chi connectivity index (χ0v) is 29.7. The van der Waals surface area contributed by atoms with E-state index in [1.165, 1.54) is 28.7 Å². The predicted molar refractivity (Wildman–Crippen MR) is 226 cm³/mol. The van der Waals surface area contributed by atoms with Crippen LogP contribution in [0, 0.1) is 20.2 Å². The quantitative estimate of drug-likeness (QED) is 0.0567. The largest absolute Gasteiger partial charge is 0.399 e. The molecular formula is C45H21N7O6. The number of hydrogen-bond acceptors (Lipinski definition) is 10. The number of non-ortho nitro benzene ring substituents is 2. The molecule has 1 aliphatic carbocycles. The Kier molecular flexibility index (Phi) is 5.29. The fraction of sp³-hybridized carbons (Fsp3) is 0.0222. The molecule has 13 heteroatoms. The summed E-state index contributed by atoms with van der Waals surface area (Å²) in [6, 6.07) is 28.0. The summed E-state index contributed by atoms with van der Waals surface area (Å²) >= 11 is 0. The number of nitrogens with two attached hydrogens (primary N) is 2. The number of nitrogen functional groups attached to an aromatic ring is 2. The van der Waals surface area contributed by atoms with Crippen LogP contribution in [0.4, 0.5) is 28.4 Å². The van der Waals surface area contributed by atoms with Gasteiger partial charge in [0.2, 0.25) is 0 Å². The van der Waals surface area contributed by atoms with Gasteiger partial charge in [-0.15, -0.1) is 0 Å². The highest BCUT2D eigenvalue weighted by Crippen LogP contribution is 2.51. The van der Waals surface area contributed by atoms with E-state index >= 15 is 0 Å². The molecule has 3 heterocycles. The van der Waals surface area contributed by atoms with Crippen LogP contribution in [0.5, 0.6) is 0 Å². The van der Waals surface area contributed by atoms with Crippen molar-refractivity contribution in [2.75, 3.05) is 11.5 Å². The Morgan fingerprint density at radius 2 is 1.16 bits per heavy atom. The van der Waals surface area contributed by atoms with Gasteiger partial charge in [-0.05, 0) is 85.1 Å². The monoisotopic (exact) mass is 755 g/mol. The molecule has 0 spiro atoms. The molecular weight excluding hydrogens is 735 g/mol. The number of pyridine rings is 1. The van der Waals surface area contributed by atoms with E-state index in [0.717, 1.165) is 59.6 Å². The van der Waals surface area contributed by atoms with Crippen molar-refractivity contribution >= 4 is 132 Å². The first-order chi connectivity index (χ1) is 28.0. The van der Waals surface area contributed by atoms with Gasteiger partial charge in [0.05, 0.1) is 38.2 Å². The zero-order chi connectivity index (χ0) is 39.2. The number of carbonyl (C=O) groups excluding carboxylic acids is 1. The third-order valence-corrected chi connectivity index (χ3v) is 12.4. The van der Waals surface area contributed by atoms with E-state index in [9.17, 15) is 29.8 Å². The molecule has 1 unspecified atom stereocenters. The maximum absolute atomic E-state index is 14.7. The van der Waals surface area contributed by atoms with Crippen molar-refractivity contribution in [2.45, 2.75) is 5.92 Å². The normalized spacial score (nSPS) is 15.0. The van der Waals surface area contributed by atoms with Gasteiger partial charge in [0.25, 0.3) is 16.9 Å². The lowest BCUT2D eigenvalue weighted by Crippen LogP contribution is -2.30. The molecule has 272 valence electrons. The lowest BCUT2D eigenvalue weighted by Gasteiger charge is -2.31. The molecule has 1 atom stereocenters. The SMILES string of the molecule is Nc1cc2c3c(cc(N)cc3c1)C1C(=O)c3ccc4c5ccc6c7c(ccc(c8ccc(c3c84)C1=N2)c57)c(=O)n1c2cc([N+](=O)[O-])cc3cc([N+](=O)[O-])cc(nc61)c32. The van der Waals surface area contributed by atoms with E-state index in [1.807, 2.05) is 66.7 Å².